The van der Waals surface area contributed by atoms with Gasteiger partial charge in [0.05, 0.1) is 30.6 Å². The zero-order valence-electron chi connectivity index (χ0n) is 10.2. The van der Waals surface area contributed by atoms with Gasteiger partial charge in [-0.15, -0.1) is 0 Å². The van der Waals surface area contributed by atoms with E-state index in [2.05, 4.69) is 15.0 Å². The molecule has 1 aromatic carbocycles. The van der Waals surface area contributed by atoms with Crippen molar-refractivity contribution in [2.75, 3.05) is 12.8 Å². The Morgan fingerprint density at radius 3 is 2.89 bits per heavy atom. The lowest BCUT2D eigenvalue weighted by Crippen LogP contribution is -2.08. The predicted octanol–water partition coefficient (Wildman–Crippen LogP) is 1.56. The number of methoxy groups -OCH3 is 1. The molecule has 96 valence electrons. The van der Waals surface area contributed by atoms with Gasteiger partial charge in [0, 0.05) is 5.56 Å². The summed E-state index contributed by atoms with van der Waals surface area (Å²) in [7, 11) is 1.42. The maximum Gasteiger partial charge on any atom is 0.165 e. The van der Waals surface area contributed by atoms with E-state index in [4.69, 9.17) is 10.5 Å². The van der Waals surface area contributed by atoms with Crippen molar-refractivity contribution < 1.29 is 9.13 Å². The highest BCUT2D eigenvalue weighted by molar-refractivity contribution is 6.17. The van der Waals surface area contributed by atoms with Gasteiger partial charge in [-0.05, 0) is 18.2 Å². The highest BCUT2D eigenvalue weighted by atomic mass is 19.1. The fraction of sp³-hybridized carbons (Fsp3) is 0.154. The second-order valence-electron chi connectivity index (χ2n) is 4.09. The van der Waals surface area contributed by atoms with Crippen molar-refractivity contribution in [3.63, 3.8) is 0 Å². The molecule has 1 aliphatic rings. The molecule has 0 saturated heterocycles. The summed E-state index contributed by atoms with van der Waals surface area (Å²) in [6, 6.07) is 4.67. The first-order valence-corrected chi connectivity index (χ1v) is 5.69. The fourth-order valence-electron chi connectivity index (χ4n) is 2.10. The minimum Gasteiger partial charge on any atom is -0.494 e. The highest BCUT2D eigenvalue weighted by Crippen LogP contribution is 2.27. The standard InChI is InChI=1S/C13H11FN4O/c1-19-10-3-2-7(4-8(10)14)12-11-9(5-16-12)17-6-18-13(11)15/h2-4,6H,5H2,1H3,(H2,15,17,18). The lowest BCUT2D eigenvalue weighted by molar-refractivity contribution is 0.386. The van der Waals surface area contributed by atoms with Crippen LogP contribution in [-0.4, -0.2) is 22.8 Å². The number of nitrogens with two attached hydrogens (primary N) is 1. The number of hydrogen-bond acceptors (Lipinski definition) is 5. The van der Waals surface area contributed by atoms with Crippen LogP contribution >= 0.6 is 0 Å². The van der Waals surface area contributed by atoms with E-state index in [1.807, 2.05) is 0 Å². The molecule has 0 unspecified atom stereocenters. The number of rotatable bonds is 2. The number of nitrogens with zero attached hydrogens (tertiary/aromatic N) is 3. The first-order valence-electron chi connectivity index (χ1n) is 5.69. The molecule has 0 bridgehead atoms. The summed E-state index contributed by atoms with van der Waals surface area (Å²) < 4.78 is 18.6. The van der Waals surface area contributed by atoms with Gasteiger partial charge in [-0.25, -0.2) is 14.4 Å². The zero-order valence-corrected chi connectivity index (χ0v) is 10.2. The third-order valence-electron chi connectivity index (χ3n) is 3.00. The molecule has 3 rings (SSSR count). The minimum absolute atomic E-state index is 0.194. The van der Waals surface area contributed by atoms with Crippen molar-refractivity contribution in [3.8, 4) is 5.75 Å². The molecule has 0 atom stereocenters. The van der Waals surface area contributed by atoms with Gasteiger partial charge in [-0.3, -0.25) is 4.99 Å². The summed E-state index contributed by atoms with van der Waals surface area (Å²) >= 11 is 0. The smallest absolute Gasteiger partial charge is 0.165 e. The quantitative estimate of drug-likeness (QED) is 0.887. The van der Waals surface area contributed by atoms with Crippen LogP contribution < -0.4 is 10.5 Å². The summed E-state index contributed by atoms with van der Waals surface area (Å²) in [5, 5.41) is 0. The second kappa shape index (κ2) is 4.31. The predicted molar refractivity (Wildman–Crippen MR) is 68.7 cm³/mol. The average molecular weight is 258 g/mol. The Morgan fingerprint density at radius 2 is 2.16 bits per heavy atom. The van der Waals surface area contributed by atoms with Gasteiger partial charge < -0.3 is 10.5 Å². The number of aliphatic imine (C=N–C) groups is 1. The van der Waals surface area contributed by atoms with E-state index in [0.29, 0.717) is 29.2 Å². The van der Waals surface area contributed by atoms with Gasteiger partial charge in [-0.2, -0.15) is 0 Å². The molecular weight excluding hydrogens is 247 g/mol. The van der Waals surface area contributed by atoms with Crippen molar-refractivity contribution in [1.82, 2.24) is 9.97 Å². The third-order valence-corrected chi connectivity index (χ3v) is 3.00. The van der Waals surface area contributed by atoms with Crippen molar-refractivity contribution in [2.24, 2.45) is 4.99 Å². The molecule has 5 nitrogen and oxygen atoms in total. The molecule has 1 aromatic heterocycles. The lowest BCUT2D eigenvalue weighted by Gasteiger charge is -2.07. The molecule has 0 radical (unpaired) electrons. The summed E-state index contributed by atoms with van der Waals surface area (Å²) in [4.78, 5) is 12.4. The number of nitrogen functional groups attached to an aromatic ring is 1. The molecule has 2 heterocycles. The number of fused-ring (bicyclic) bond motifs is 1. The van der Waals surface area contributed by atoms with Crippen LogP contribution in [0, 0.1) is 5.82 Å². The van der Waals surface area contributed by atoms with Crippen molar-refractivity contribution in [2.45, 2.75) is 6.54 Å². The number of aromatic nitrogens is 2. The number of ether oxygens (including phenoxy) is 1. The molecule has 1 aliphatic heterocycles. The van der Waals surface area contributed by atoms with Gasteiger partial charge in [0.1, 0.15) is 12.1 Å². The Kier molecular flexibility index (Phi) is 2.63. The van der Waals surface area contributed by atoms with Crippen LogP contribution in [0.5, 0.6) is 5.75 Å². The monoisotopic (exact) mass is 258 g/mol. The van der Waals surface area contributed by atoms with E-state index < -0.39 is 5.82 Å². The molecule has 2 aromatic rings. The Labute approximate surface area is 109 Å². The molecular formula is C13H11FN4O. The highest BCUT2D eigenvalue weighted by Gasteiger charge is 2.22. The molecule has 0 spiro atoms. The Bertz CT molecular complexity index is 684. The second-order valence-corrected chi connectivity index (χ2v) is 4.09. The van der Waals surface area contributed by atoms with Crippen LogP contribution in [-0.2, 0) is 6.54 Å². The molecule has 0 fully saturated rings. The Morgan fingerprint density at radius 1 is 1.32 bits per heavy atom. The van der Waals surface area contributed by atoms with E-state index in [9.17, 15) is 4.39 Å². The maximum absolute atomic E-state index is 13.7. The van der Waals surface area contributed by atoms with E-state index >= 15 is 0 Å². The number of anilines is 1. The van der Waals surface area contributed by atoms with E-state index in [1.165, 1.54) is 19.5 Å². The molecule has 0 aliphatic carbocycles. The van der Waals surface area contributed by atoms with Crippen LogP contribution in [0.25, 0.3) is 0 Å². The summed E-state index contributed by atoms with van der Waals surface area (Å²) in [5.41, 5.74) is 8.55. The van der Waals surface area contributed by atoms with E-state index in [0.717, 1.165) is 5.69 Å². The normalized spacial score (nSPS) is 13.1. The SMILES string of the molecule is COc1ccc(C2=NCc3ncnc(N)c32)cc1F. The van der Waals surface area contributed by atoms with Crippen LogP contribution in [0.15, 0.2) is 29.5 Å². The first-order chi connectivity index (χ1) is 9.20. The maximum atomic E-state index is 13.7. The molecule has 0 amide bonds. The van der Waals surface area contributed by atoms with Gasteiger partial charge in [0.15, 0.2) is 11.6 Å². The largest absolute Gasteiger partial charge is 0.494 e. The molecule has 6 heteroatoms. The Hall–Kier alpha value is -2.50. The fourth-order valence-corrected chi connectivity index (χ4v) is 2.10. The first kappa shape index (κ1) is 11.6. The summed E-state index contributed by atoms with van der Waals surface area (Å²) in [5.74, 6) is 0.115. The molecule has 0 saturated carbocycles. The number of hydrogen-bond donors (Lipinski definition) is 1. The van der Waals surface area contributed by atoms with E-state index in [1.54, 1.807) is 12.1 Å². The van der Waals surface area contributed by atoms with Crippen molar-refractivity contribution in [1.29, 1.82) is 0 Å². The average Bonchev–Trinajstić information content (AvgIpc) is 2.84. The van der Waals surface area contributed by atoms with Gasteiger partial charge >= 0.3 is 0 Å². The zero-order chi connectivity index (χ0) is 13.4. The number of halogens is 1. The van der Waals surface area contributed by atoms with Crippen LogP contribution in [0.1, 0.15) is 16.8 Å². The van der Waals surface area contributed by atoms with Crippen LogP contribution in [0.3, 0.4) is 0 Å². The minimum atomic E-state index is -0.438. The van der Waals surface area contributed by atoms with E-state index in [-0.39, 0.29) is 5.75 Å². The molecule has 2 N–H and O–H groups in total. The topological polar surface area (TPSA) is 73.4 Å². The van der Waals surface area contributed by atoms with Gasteiger partial charge in [0.2, 0.25) is 0 Å². The van der Waals surface area contributed by atoms with Crippen LogP contribution in [0.2, 0.25) is 0 Å². The van der Waals surface area contributed by atoms with Crippen molar-refractivity contribution >= 4 is 11.5 Å². The van der Waals surface area contributed by atoms with Gasteiger partial charge in [0.25, 0.3) is 0 Å². The lowest BCUT2D eigenvalue weighted by atomic mass is 10.0. The van der Waals surface area contributed by atoms with Crippen LogP contribution in [0.4, 0.5) is 10.2 Å². The number of benzene rings is 1. The summed E-state index contributed by atoms with van der Waals surface area (Å²) in [6.45, 7) is 0.436. The molecule has 19 heavy (non-hydrogen) atoms. The summed E-state index contributed by atoms with van der Waals surface area (Å²) in [6.07, 6.45) is 1.40. The van der Waals surface area contributed by atoms with Gasteiger partial charge in [-0.1, -0.05) is 0 Å². The third kappa shape index (κ3) is 1.81. The Balaban J connectivity index is 2.09. The van der Waals surface area contributed by atoms with Crippen molar-refractivity contribution in [3.05, 3.63) is 47.2 Å².